The summed E-state index contributed by atoms with van der Waals surface area (Å²) in [5, 5.41) is 8.47. The first-order chi connectivity index (χ1) is 9.29. The minimum Gasteiger partial charge on any atom is -0.481 e. The lowest BCUT2D eigenvalue weighted by molar-refractivity contribution is -0.143. The number of rotatable bonds is 3. The van der Waals surface area contributed by atoms with Gasteiger partial charge in [-0.3, -0.25) is 9.69 Å². The number of nitrogens with zero attached hydrogens (tertiary/aromatic N) is 1. The van der Waals surface area contributed by atoms with Gasteiger partial charge in [0.1, 0.15) is 5.37 Å². The molecule has 2 rings (SSSR count). The maximum absolute atomic E-state index is 12.0. The highest BCUT2D eigenvalue weighted by Gasteiger charge is 2.41. The number of aliphatic carboxylic acids is 1. The summed E-state index contributed by atoms with van der Waals surface area (Å²) >= 11 is 0. The summed E-state index contributed by atoms with van der Waals surface area (Å²) in [7, 11) is -3.27. The molecule has 0 radical (unpaired) electrons. The molecule has 0 aromatic carbocycles. The van der Waals surface area contributed by atoms with Crippen molar-refractivity contribution >= 4 is 15.8 Å². The van der Waals surface area contributed by atoms with Crippen molar-refractivity contribution in [1.82, 2.24) is 4.90 Å². The Balaban J connectivity index is 2.13. The number of nitrogens with two attached hydrogens (primary N) is 1. The lowest BCUT2D eigenvalue weighted by atomic mass is 9.88. The number of carboxylic acid groups (broad SMARTS) is 1. The van der Waals surface area contributed by atoms with Crippen LogP contribution in [0, 0.1) is 5.92 Å². The molecule has 116 valence electrons. The SMILES string of the molecule is CS(=O)(=O)C1CC(C(=O)O)CCN1C1CCC(N)CC1. The van der Waals surface area contributed by atoms with E-state index in [2.05, 4.69) is 0 Å². The number of hydrogen-bond acceptors (Lipinski definition) is 5. The molecular weight excluding hydrogens is 280 g/mol. The molecule has 1 saturated carbocycles. The summed E-state index contributed by atoms with van der Waals surface area (Å²) in [4.78, 5) is 13.1. The number of carbonyl (C=O) groups is 1. The lowest BCUT2D eigenvalue weighted by Gasteiger charge is -2.44. The Bertz CT molecular complexity index is 457. The van der Waals surface area contributed by atoms with Crippen LogP contribution in [0.3, 0.4) is 0 Å². The zero-order chi connectivity index (χ0) is 14.9. The van der Waals surface area contributed by atoms with Gasteiger partial charge in [0, 0.05) is 24.9 Å². The molecule has 20 heavy (non-hydrogen) atoms. The molecule has 1 heterocycles. The van der Waals surface area contributed by atoms with Crippen LogP contribution in [0.15, 0.2) is 0 Å². The Hall–Kier alpha value is -0.660. The first-order valence-electron chi connectivity index (χ1n) is 7.22. The molecule has 0 spiro atoms. The Morgan fingerprint density at radius 2 is 1.80 bits per heavy atom. The van der Waals surface area contributed by atoms with Gasteiger partial charge in [0.2, 0.25) is 0 Å². The van der Waals surface area contributed by atoms with E-state index in [-0.39, 0.29) is 18.5 Å². The molecule has 3 N–H and O–H groups in total. The Kier molecular flexibility index (Phi) is 4.71. The summed E-state index contributed by atoms with van der Waals surface area (Å²) in [5.41, 5.74) is 5.89. The van der Waals surface area contributed by atoms with Gasteiger partial charge in [-0.15, -0.1) is 0 Å². The van der Waals surface area contributed by atoms with E-state index >= 15 is 0 Å². The predicted octanol–water partition coefficient (Wildman–Crippen LogP) is 0.424. The van der Waals surface area contributed by atoms with E-state index in [0.717, 1.165) is 25.7 Å². The molecule has 2 aliphatic rings. The molecule has 2 unspecified atom stereocenters. The third kappa shape index (κ3) is 3.51. The van der Waals surface area contributed by atoms with Gasteiger partial charge in [-0.05, 0) is 38.5 Å². The first-order valence-corrected chi connectivity index (χ1v) is 9.17. The highest BCUT2D eigenvalue weighted by molar-refractivity contribution is 7.91. The number of carboxylic acids is 1. The van der Waals surface area contributed by atoms with Crippen molar-refractivity contribution in [3.8, 4) is 0 Å². The molecule has 0 aromatic heterocycles. The van der Waals surface area contributed by atoms with Crippen molar-refractivity contribution in [1.29, 1.82) is 0 Å². The second kappa shape index (κ2) is 5.99. The molecule has 2 atom stereocenters. The summed E-state index contributed by atoms with van der Waals surface area (Å²) in [6.07, 6.45) is 5.60. The van der Waals surface area contributed by atoms with Crippen LogP contribution >= 0.6 is 0 Å². The smallest absolute Gasteiger partial charge is 0.306 e. The maximum atomic E-state index is 12.0. The normalized spacial score (nSPS) is 36.7. The summed E-state index contributed by atoms with van der Waals surface area (Å²) < 4.78 is 24.0. The number of piperidine rings is 1. The van der Waals surface area contributed by atoms with Gasteiger partial charge in [0.15, 0.2) is 9.84 Å². The van der Waals surface area contributed by atoms with Crippen molar-refractivity contribution in [3.05, 3.63) is 0 Å². The van der Waals surface area contributed by atoms with Crippen molar-refractivity contribution < 1.29 is 18.3 Å². The Morgan fingerprint density at radius 1 is 1.20 bits per heavy atom. The third-order valence-electron chi connectivity index (χ3n) is 4.65. The molecular formula is C13H24N2O4S. The van der Waals surface area contributed by atoms with E-state index in [0.29, 0.717) is 13.0 Å². The number of sulfone groups is 1. The monoisotopic (exact) mass is 304 g/mol. The molecule has 1 aliphatic carbocycles. The first kappa shape index (κ1) is 15.7. The molecule has 0 amide bonds. The van der Waals surface area contributed by atoms with Gasteiger partial charge in [-0.2, -0.15) is 0 Å². The molecule has 1 aliphatic heterocycles. The maximum Gasteiger partial charge on any atom is 0.306 e. The fourth-order valence-corrected chi connectivity index (χ4v) is 4.79. The predicted molar refractivity (Wildman–Crippen MR) is 75.9 cm³/mol. The number of hydrogen-bond donors (Lipinski definition) is 2. The van der Waals surface area contributed by atoms with Crippen molar-refractivity contribution in [2.24, 2.45) is 11.7 Å². The fourth-order valence-electron chi connectivity index (χ4n) is 3.44. The van der Waals surface area contributed by atoms with Crippen molar-refractivity contribution in [3.63, 3.8) is 0 Å². The van der Waals surface area contributed by atoms with Crippen LogP contribution in [0.25, 0.3) is 0 Å². The molecule has 2 fully saturated rings. The van der Waals surface area contributed by atoms with Crippen LogP contribution in [0.1, 0.15) is 38.5 Å². The minimum atomic E-state index is -3.27. The standard InChI is InChI=1S/C13H24N2O4S/c1-20(18,19)12-8-9(13(16)17)6-7-15(12)11-4-2-10(14)3-5-11/h9-12H,2-8,14H2,1H3,(H,16,17). The van der Waals surface area contributed by atoms with Crippen LogP contribution in [0.2, 0.25) is 0 Å². The zero-order valence-corrected chi connectivity index (χ0v) is 12.7. The molecule has 0 bridgehead atoms. The summed E-state index contributed by atoms with van der Waals surface area (Å²) in [6, 6.07) is 0.448. The van der Waals surface area contributed by atoms with E-state index in [1.807, 2.05) is 4.90 Å². The second-order valence-corrected chi connectivity index (χ2v) is 8.35. The quantitative estimate of drug-likeness (QED) is 0.784. The topological polar surface area (TPSA) is 101 Å². The fraction of sp³-hybridized carbons (Fsp3) is 0.923. The van der Waals surface area contributed by atoms with Gasteiger partial charge >= 0.3 is 5.97 Å². The zero-order valence-electron chi connectivity index (χ0n) is 11.9. The van der Waals surface area contributed by atoms with Gasteiger partial charge in [0.25, 0.3) is 0 Å². The van der Waals surface area contributed by atoms with E-state index in [4.69, 9.17) is 10.8 Å². The van der Waals surface area contributed by atoms with Gasteiger partial charge < -0.3 is 10.8 Å². The van der Waals surface area contributed by atoms with Crippen LogP contribution in [-0.4, -0.2) is 54.7 Å². The minimum absolute atomic E-state index is 0.205. The highest BCUT2D eigenvalue weighted by atomic mass is 32.2. The highest BCUT2D eigenvalue weighted by Crippen LogP contribution is 2.32. The van der Waals surface area contributed by atoms with Crippen LogP contribution in [-0.2, 0) is 14.6 Å². The van der Waals surface area contributed by atoms with E-state index in [1.54, 1.807) is 0 Å². The average molecular weight is 304 g/mol. The Morgan fingerprint density at radius 3 is 2.30 bits per heavy atom. The second-order valence-electron chi connectivity index (χ2n) is 6.15. The van der Waals surface area contributed by atoms with Crippen LogP contribution in [0.4, 0.5) is 0 Å². The largest absolute Gasteiger partial charge is 0.481 e. The summed E-state index contributed by atoms with van der Waals surface area (Å²) in [5.74, 6) is -1.43. The molecule has 1 saturated heterocycles. The molecule has 6 nitrogen and oxygen atoms in total. The van der Waals surface area contributed by atoms with E-state index in [1.165, 1.54) is 6.26 Å². The van der Waals surface area contributed by atoms with Gasteiger partial charge in [-0.25, -0.2) is 8.42 Å². The van der Waals surface area contributed by atoms with Gasteiger partial charge in [0.05, 0.1) is 5.92 Å². The Labute approximate surface area is 120 Å². The van der Waals surface area contributed by atoms with E-state index in [9.17, 15) is 13.2 Å². The summed E-state index contributed by atoms with van der Waals surface area (Å²) in [6.45, 7) is 0.550. The van der Waals surface area contributed by atoms with Gasteiger partial charge in [-0.1, -0.05) is 0 Å². The third-order valence-corrected chi connectivity index (χ3v) is 6.10. The van der Waals surface area contributed by atoms with E-state index < -0.39 is 27.1 Å². The molecule has 0 aromatic rings. The molecule has 7 heteroatoms. The van der Waals surface area contributed by atoms with Crippen molar-refractivity contribution in [2.75, 3.05) is 12.8 Å². The number of likely N-dealkylation sites (tertiary alicyclic amines) is 1. The van der Waals surface area contributed by atoms with Crippen LogP contribution in [0.5, 0.6) is 0 Å². The lowest BCUT2D eigenvalue weighted by Crippen LogP contribution is -2.53. The van der Waals surface area contributed by atoms with Crippen molar-refractivity contribution in [2.45, 2.75) is 56.0 Å². The van der Waals surface area contributed by atoms with Crippen LogP contribution < -0.4 is 5.73 Å². The average Bonchev–Trinajstić information content (AvgIpc) is 2.38.